The van der Waals surface area contributed by atoms with Gasteiger partial charge < -0.3 is 20.5 Å². The van der Waals surface area contributed by atoms with Crippen molar-refractivity contribution >= 4 is 46.5 Å². The van der Waals surface area contributed by atoms with E-state index in [0.29, 0.717) is 10.8 Å². The molecule has 3 rings (SSSR count). The van der Waals surface area contributed by atoms with Crippen LogP contribution >= 0.6 is 11.8 Å². The van der Waals surface area contributed by atoms with E-state index in [1.54, 1.807) is 17.7 Å². The smallest absolute Gasteiger partial charge is 0.325 e. The number of thioether (sulfide) groups is 1. The van der Waals surface area contributed by atoms with Crippen molar-refractivity contribution in [1.82, 2.24) is 14.8 Å². The third-order valence-electron chi connectivity index (χ3n) is 4.32. The van der Waals surface area contributed by atoms with E-state index in [1.165, 1.54) is 43.2 Å². The Morgan fingerprint density at radius 1 is 1.03 bits per heavy atom. The molecule has 2 aromatic carbocycles. The molecule has 0 aliphatic carbocycles. The molecule has 0 aliphatic rings. The molecule has 3 aromatic rings. The number of carbonyl (C=O) groups excluding carboxylic acids is 3. The van der Waals surface area contributed by atoms with Crippen LogP contribution in [0.3, 0.4) is 0 Å². The Labute approximate surface area is 196 Å². The first-order valence-electron chi connectivity index (χ1n) is 9.70. The van der Waals surface area contributed by atoms with E-state index in [1.807, 2.05) is 0 Å². The first-order valence-corrected chi connectivity index (χ1v) is 10.7. The first kappa shape index (κ1) is 24.8. The van der Waals surface area contributed by atoms with Crippen LogP contribution in [-0.4, -0.2) is 38.2 Å². The molecule has 3 N–H and O–H groups in total. The summed E-state index contributed by atoms with van der Waals surface area (Å²) in [5, 5.41) is 15.6. The maximum atomic E-state index is 13.1. The Hall–Kier alpha value is -3.87. The van der Waals surface area contributed by atoms with Crippen molar-refractivity contribution in [2.75, 3.05) is 21.7 Å². The lowest BCUT2D eigenvalue weighted by molar-refractivity contribution is -0.137. The number of amides is 3. The number of aryl methyl sites for hydroxylation is 1. The predicted molar refractivity (Wildman–Crippen MR) is 120 cm³/mol. The van der Waals surface area contributed by atoms with Gasteiger partial charge in [0.15, 0.2) is 5.16 Å². The molecule has 1 heterocycles. The number of alkyl halides is 3. The van der Waals surface area contributed by atoms with Crippen LogP contribution in [0.5, 0.6) is 0 Å². The molecular formula is C21H19F3N6O3S. The van der Waals surface area contributed by atoms with Crippen molar-refractivity contribution in [2.45, 2.75) is 18.3 Å². The Morgan fingerprint density at radius 3 is 2.44 bits per heavy atom. The number of carbonyl (C=O) groups is 3. The van der Waals surface area contributed by atoms with Crippen LogP contribution in [0.25, 0.3) is 0 Å². The summed E-state index contributed by atoms with van der Waals surface area (Å²) in [6, 6.07) is 8.49. The minimum Gasteiger partial charge on any atom is -0.325 e. The summed E-state index contributed by atoms with van der Waals surface area (Å²) in [6.07, 6.45) is -3.13. The summed E-state index contributed by atoms with van der Waals surface area (Å²) < 4.78 is 41.0. The highest BCUT2D eigenvalue weighted by atomic mass is 32.2. The van der Waals surface area contributed by atoms with Crippen LogP contribution in [0, 0.1) is 0 Å². The maximum Gasteiger partial charge on any atom is 0.416 e. The van der Waals surface area contributed by atoms with Gasteiger partial charge in [-0.05, 0) is 36.4 Å². The van der Waals surface area contributed by atoms with E-state index in [-0.39, 0.29) is 28.6 Å². The minimum absolute atomic E-state index is 0.0131. The molecule has 178 valence electrons. The van der Waals surface area contributed by atoms with E-state index in [0.717, 1.165) is 18.2 Å². The van der Waals surface area contributed by atoms with E-state index >= 15 is 0 Å². The Balaban J connectivity index is 1.73. The summed E-state index contributed by atoms with van der Waals surface area (Å²) in [6.45, 7) is 1.19. The van der Waals surface area contributed by atoms with Crippen LogP contribution in [0.15, 0.2) is 53.9 Å². The number of benzene rings is 2. The molecule has 0 unspecified atom stereocenters. The van der Waals surface area contributed by atoms with Gasteiger partial charge >= 0.3 is 6.18 Å². The fourth-order valence-electron chi connectivity index (χ4n) is 2.79. The van der Waals surface area contributed by atoms with Crippen LogP contribution in [0.2, 0.25) is 0 Å². The number of hydrogen-bond acceptors (Lipinski definition) is 6. The Kier molecular flexibility index (Phi) is 7.56. The van der Waals surface area contributed by atoms with Crippen LogP contribution in [-0.2, 0) is 22.8 Å². The zero-order valence-corrected chi connectivity index (χ0v) is 18.8. The normalized spacial score (nSPS) is 11.1. The summed E-state index contributed by atoms with van der Waals surface area (Å²) in [5.41, 5.74) is -0.783. The topological polar surface area (TPSA) is 118 Å². The highest BCUT2D eigenvalue weighted by Crippen LogP contribution is 2.34. The monoisotopic (exact) mass is 492 g/mol. The average Bonchev–Trinajstić information content (AvgIpc) is 3.17. The summed E-state index contributed by atoms with van der Waals surface area (Å²) in [5.74, 6) is -1.54. The second kappa shape index (κ2) is 10.4. The number of nitrogens with zero attached hydrogens (tertiary/aromatic N) is 3. The highest BCUT2D eigenvalue weighted by Gasteiger charge is 2.31. The summed E-state index contributed by atoms with van der Waals surface area (Å²) in [7, 11) is 1.74. The van der Waals surface area contributed by atoms with Gasteiger partial charge in [-0.1, -0.05) is 17.8 Å². The van der Waals surface area contributed by atoms with Crippen molar-refractivity contribution in [3.8, 4) is 0 Å². The third-order valence-corrected chi connectivity index (χ3v) is 5.35. The fraction of sp³-hybridized carbons (Fsp3) is 0.190. The standard InChI is InChI=1S/C21H19F3N6O3S/c1-12(31)26-16-7-6-14(21(22,23)24)9-17(16)28-19(33)13-4-3-5-15(8-13)27-18(32)10-34-20-29-25-11-30(20)2/h3-9,11H,10H2,1-2H3,(H,26,31)(H,27,32)(H,28,33). The van der Waals surface area contributed by atoms with Gasteiger partial charge in [-0.3, -0.25) is 14.4 Å². The summed E-state index contributed by atoms with van der Waals surface area (Å²) >= 11 is 1.17. The number of rotatable bonds is 7. The number of nitrogens with one attached hydrogen (secondary N) is 3. The molecule has 0 bridgehead atoms. The van der Waals surface area contributed by atoms with Crippen molar-refractivity contribution in [1.29, 1.82) is 0 Å². The van der Waals surface area contributed by atoms with Crippen LogP contribution in [0.4, 0.5) is 30.2 Å². The molecule has 0 saturated heterocycles. The number of anilines is 3. The molecule has 9 nitrogen and oxygen atoms in total. The molecule has 1 aromatic heterocycles. The SMILES string of the molecule is CC(=O)Nc1ccc(C(F)(F)F)cc1NC(=O)c1cccc(NC(=O)CSc2nncn2C)c1. The molecule has 13 heteroatoms. The van der Waals surface area contributed by atoms with Crippen LogP contribution < -0.4 is 16.0 Å². The highest BCUT2D eigenvalue weighted by molar-refractivity contribution is 7.99. The molecular weight excluding hydrogens is 473 g/mol. The zero-order valence-electron chi connectivity index (χ0n) is 17.9. The third kappa shape index (κ3) is 6.57. The van der Waals surface area contributed by atoms with Gasteiger partial charge in [-0.2, -0.15) is 13.2 Å². The fourth-order valence-corrected chi connectivity index (χ4v) is 3.47. The molecule has 34 heavy (non-hydrogen) atoms. The van der Waals surface area contributed by atoms with Gasteiger partial charge in [0.05, 0.1) is 22.7 Å². The van der Waals surface area contributed by atoms with Gasteiger partial charge in [0.1, 0.15) is 6.33 Å². The Morgan fingerprint density at radius 2 is 1.79 bits per heavy atom. The summed E-state index contributed by atoms with van der Waals surface area (Å²) in [4.78, 5) is 36.4. The quantitative estimate of drug-likeness (QED) is 0.432. The molecule has 3 amide bonds. The molecule has 0 saturated carbocycles. The molecule has 0 aliphatic heterocycles. The van der Waals surface area contributed by atoms with E-state index in [9.17, 15) is 27.6 Å². The zero-order chi connectivity index (χ0) is 24.9. The van der Waals surface area contributed by atoms with Gasteiger partial charge in [-0.15, -0.1) is 10.2 Å². The van der Waals surface area contributed by atoms with Crippen molar-refractivity contribution < 1.29 is 27.6 Å². The number of halogens is 3. The largest absolute Gasteiger partial charge is 0.416 e. The molecule has 0 atom stereocenters. The second-order valence-corrected chi connectivity index (χ2v) is 7.98. The van der Waals surface area contributed by atoms with E-state index in [2.05, 4.69) is 26.1 Å². The average molecular weight is 492 g/mol. The first-order chi connectivity index (χ1) is 16.0. The van der Waals surface area contributed by atoms with Crippen molar-refractivity contribution in [3.63, 3.8) is 0 Å². The molecule has 0 spiro atoms. The van der Waals surface area contributed by atoms with Crippen molar-refractivity contribution in [2.24, 2.45) is 7.05 Å². The van der Waals surface area contributed by atoms with Crippen molar-refractivity contribution in [3.05, 3.63) is 59.9 Å². The lowest BCUT2D eigenvalue weighted by Crippen LogP contribution is -2.18. The van der Waals surface area contributed by atoms with E-state index in [4.69, 9.17) is 0 Å². The minimum atomic E-state index is -4.64. The Bertz CT molecular complexity index is 1230. The lowest BCUT2D eigenvalue weighted by atomic mass is 10.1. The maximum absolute atomic E-state index is 13.1. The molecule has 0 radical (unpaired) electrons. The van der Waals surface area contributed by atoms with Gasteiger partial charge in [-0.25, -0.2) is 0 Å². The van der Waals surface area contributed by atoms with Crippen LogP contribution in [0.1, 0.15) is 22.8 Å². The van der Waals surface area contributed by atoms with Gasteiger partial charge in [0.2, 0.25) is 11.8 Å². The predicted octanol–water partition coefficient (Wildman–Crippen LogP) is 3.78. The second-order valence-electron chi connectivity index (χ2n) is 7.04. The van der Waals surface area contributed by atoms with E-state index < -0.39 is 23.6 Å². The number of hydrogen-bond donors (Lipinski definition) is 3. The lowest BCUT2D eigenvalue weighted by Gasteiger charge is -2.15. The van der Waals surface area contributed by atoms with Gasteiger partial charge in [0.25, 0.3) is 5.91 Å². The van der Waals surface area contributed by atoms with Gasteiger partial charge in [0, 0.05) is 25.2 Å². The number of aromatic nitrogens is 3. The molecule has 0 fully saturated rings.